The van der Waals surface area contributed by atoms with E-state index in [-0.39, 0.29) is 17.1 Å². The van der Waals surface area contributed by atoms with Gasteiger partial charge in [-0.25, -0.2) is 4.79 Å². The Balaban J connectivity index is 1.52. The molecule has 0 saturated heterocycles. The molecule has 7 heteroatoms. The van der Waals surface area contributed by atoms with Crippen LogP contribution in [-0.2, 0) is 9.53 Å². The monoisotopic (exact) mass is 405 g/mol. The topological polar surface area (TPSA) is 89.5 Å². The number of carbonyl (C=O) groups is 4. The van der Waals surface area contributed by atoms with Crippen LogP contribution in [0.1, 0.15) is 49.1 Å². The maximum absolute atomic E-state index is 12.8. The Hall–Kier alpha value is -3.58. The zero-order chi connectivity index (χ0) is 20.5. The van der Waals surface area contributed by atoms with Crippen LogP contribution in [0.15, 0.2) is 59.3 Å². The maximum Gasteiger partial charge on any atom is 0.339 e. The Morgan fingerprint density at radius 1 is 0.931 bits per heavy atom. The molecular weight excluding hydrogens is 390 g/mol. The third kappa shape index (κ3) is 3.48. The molecule has 1 aromatic heterocycles. The van der Waals surface area contributed by atoms with Gasteiger partial charge in [0.2, 0.25) is 0 Å². The molecular formula is C22H15NO5S. The fourth-order valence-electron chi connectivity index (χ4n) is 3.08. The molecule has 1 aliphatic carbocycles. The third-order valence-corrected chi connectivity index (χ3v) is 5.29. The molecule has 3 aromatic rings. The standard InChI is InChI=1S/C22H15NO5S/c1-12(28-22(27)13-8-9-29-11-13)21(26)23-14-6-7-17-18(10-14)20(25)16-5-3-2-4-15(16)19(17)24/h2-12H,1H3,(H,23,26). The summed E-state index contributed by atoms with van der Waals surface area (Å²) in [7, 11) is 0. The lowest BCUT2D eigenvalue weighted by atomic mass is 9.84. The molecule has 0 spiro atoms. The lowest BCUT2D eigenvalue weighted by Gasteiger charge is -2.19. The van der Waals surface area contributed by atoms with Gasteiger partial charge < -0.3 is 10.1 Å². The van der Waals surface area contributed by atoms with E-state index in [1.165, 1.54) is 30.4 Å². The minimum atomic E-state index is -1.03. The van der Waals surface area contributed by atoms with Gasteiger partial charge in [-0.05, 0) is 36.6 Å². The van der Waals surface area contributed by atoms with Gasteiger partial charge in [-0.3, -0.25) is 14.4 Å². The van der Waals surface area contributed by atoms with Gasteiger partial charge in [-0.1, -0.05) is 24.3 Å². The molecule has 0 aliphatic heterocycles. The van der Waals surface area contributed by atoms with E-state index < -0.39 is 18.0 Å². The summed E-state index contributed by atoms with van der Waals surface area (Å²) >= 11 is 1.35. The number of fused-ring (bicyclic) bond motifs is 2. The molecule has 0 fully saturated rings. The van der Waals surface area contributed by atoms with Crippen LogP contribution in [0.5, 0.6) is 0 Å². The molecule has 2 aromatic carbocycles. The Bertz CT molecular complexity index is 1150. The summed E-state index contributed by atoms with van der Waals surface area (Å²) in [6.45, 7) is 1.46. The number of hydrogen-bond donors (Lipinski definition) is 1. The van der Waals surface area contributed by atoms with E-state index in [0.29, 0.717) is 27.9 Å². The molecule has 0 saturated carbocycles. The highest BCUT2D eigenvalue weighted by molar-refractivity contribution is 7.08. The Kier molecular flexibility index (Phi) is 4.82. The molecule has 1 heterocycles. The zero-order valence-corrected chi connectivity index (χ0v) is 16.1. The smallest absolute Gasteiger partial charge is 0.339 e. The molecule has 1 N–H and O–H groups in total. The van der Waals surface area contributed by atoms with Gasteiger partial charge in [0.05, 0.1) is 5.56 Å². The SMILES string of the molecule is CC(OC(=O)c1ccsc1)C(=O)Nc1ccc2c(c1)C(=O)c1ccccc1C2=O. The highest BCUT2D eigenvalue weighted by Crippen LogP contribution is 2.29. The Morgan fingerprint density at radius 2 is 1.59 bits per heavy atom. The summed E-state index contributed by atoms with van der Waals surface area (Å²) in [5.74, 6) is -1.63. The van der Waals surface area contributed by atoms with E-state index in [2.05, 4.69) is 5.32 Å². The van der Waals surface area contributed by atoms with Gasteiger partial charge in [-0.15, -0.1) is 0 Å². The van der Waals surface area contributed by atoms with Crippen molar-refractivity contribution in [3.05, 3.63) is 87.1 Å². The number of amides is 1. The van der Waals surface area contributed by atoms with Crippen LogP contribution in [0.4, 0.5) is 5.69 Å². The zero-order valence-electron chi connectivity index (χ0n) is 15.3. The van der Waals surface area contributed by atoms with Crippen molar-refractivity contribution in [2.45, 2.75) is 13.0 Å². The predicted octanol–water partition coefficient (Wildman–Crippen LogP) is 3.71. The lowest BCUT2D eigenvalue weighted by Crippen LogP contribution is -2.30. The number of anilines is 1. The lowest BCUT2D eigenvalue weighted by molar-refractivity contribution is -0.123. The molecule has 4 rings (SSSR count). The number of ether oxygens (including phenoxy) is 1. The van der Waals surface area contributed by atoms with Crippen molar-refractivity contribution < 1.29 is 23.9 Å². The van der Waals surface area contributed by atoms with Gasteiger partial charge in [0, 0.05) is 33.3 Å². The van der Waals surface area contributed by atoms with Crippen molar-refractivity contribution in [3.63, 3.8) is 0 Å². The van der Waals surface area contributed by atoms with Crippen molar-refractivity contribution in [2.24, 2.45) is 0 Å². The van der Waals surface area contributed by atoms with Crippen LogP contribution < -0.4 is 5.32 Å². The first kappa shape index (κ1) is 18.8. The maximum atomic E-state index is 12.8. The van der Waals surface area contributed by atoms with Crippen molar-refractivity contribution >= 4 is 40.5 Å². The number of carbonyl (C=O) groups excluding carboxylic acids is 4. The molecule has 1 unspecified atom stereocenters. The number of rotatable bonds is 4. The Morgan fingerprint density at radius 3 is 2.24 bits per heavy atom. The molecule has 1 atom stereocenters. The van der Waals surface area contributed by atoms with Crippen molar-refractivity contribution in [1.29, 1.82) is 0 Å². The molecule has 6 nitrogen and oxygen atoms in total. The van der Waals surface area contributed by atoms with E-state index >= 15 is 0 Å². The first-order chi connectivity index (χ1) is 14.0. The fraction of sp³-hybridized carbons (Fsp3) is 0.0909. The van der Waals surface area contributed by atoms with Gasteiger partial charge in [-0.2, -0.15) is 11.3 Å². The molecule has 144 valence electrons. The van der Waals surface area contributed by atoms with Crippen LogP contribution >= 0.6 is 11.3 Å². The summed E-state index contributed by atoms with van der Waals surface area (Å²) in [6.07, 6.45) is -1.03. The van der Waals surface area contributed by atoms with Gasteiger partial charge in [0.25, 0.3) is 5.91 Å². The van der Waals surface area contributed by atoms with Crippen LogP contribution in [0.25, 0.3) is 0 Å². The second-order valence-electron chi connectivity index (χ2n) is 6.51. The van der Waals surface area contributed by atoms with Crippen LogP contribution in [0, 0.1) is 0 Å². The summed E-state index contributed by atoms with van der Waals surface area (Å²) in [5, 5.41) is 6.00. The number of ketones is 2. The molecule has 0 radical (unpaired) electrons. The molecule has 0 bridgehead atoms. The van der Waals surface area contributed by atoms with E-state index in [1.54, 1.807) is 47.2 Å². The average molecular weight is 405 g/mol. The summed E-state index contributed by atoms with van der Waals surface area (Å²) < 4.78 is 5.16. The minimum Gasteiger partial charge on any atom is -0.449 e. The Labute approximate surface area is 170 Å². The first-order valence-corrected chi connectivity index (χ1v) is 9.76. The van der Waals surface area contributed by atoms with Crippen molar-refractivity contribution in [3.8, 4) is 0 Å². The van der Waals surface area contributed by atoms with Gasteiger partial charge >= 0.3 is 5.97 Å². The predicted molar refractivity (Wildman–Crippen MR) is 108 cm³/mol. The first-order valence-electron chi connectivity index (χ1n) is 8.82. The molecule has 29 heavy (non-hydrogen) atoms. The van der Waals surface area contributed by atoms with Gasteiger partial charge in [0.1, 0.15) is 0 Å². The number of hydrogen-bond acceptors (Lipinski definition) is 6. The largest absolute Gasteiger partial charge is 0.449 e. The normalized spacial score (nSPS) is 13.3. The average Bonchev–Trinajstić information content (AvgIpc) is 3.27. The minimum absolute atomic E-state index is 0.230. The number of benzene rings is 2. The van der Waals surface area contributed by atoms with E-state index in [4.69, 9.17) is 4.74 Å². The molecule has 1 aliphatic rings. The number of thiophene rings is 1. The highest BCUT2D eigenvalue weighted by atomic mass is 32.1. The highest BCUT2D eigenvalue weighted by Gasteiger charge is 2.29. The quantitative estimate of drug-likeness (QED) is 0.523. The number of esters is 1. The second kappa shape index (κ2) is 7.44. The second-order valence-corrected chi connectivity index (χ2v) is 7.29. The van der Waals surface area contributed by atoms with Crippen molar-refractivity contribution in [1.82, 2.24) is 0 Å². The van der Waals surface area contributed by atoms with Crippen LogP contribution in [0.2, 0.25) is 0 Å². The summed E-state index contributed by atoms with van der Waals surface area (Å²) in [6, 6.07) is 12.8. The van der Waals surface area contributed by atoms with Crippen molar-refractivity contribution in [2.75, 3.05) is 5.32 Å². The number of nitrogens with one attached hydrogen (secondary N) is 1. The van der Waals surface area contributed by atoms with E-state index in [1.807, 2.05) is 0 Å². The van der Waals surface area contributed by atoms with E-state index in [0.717, 1.165) is 0 Å². The fourth-order valence-corrected chi connectivity index (χ4v) is 3.71. The summed E-state index contributed by atoms with van der Waals surface area (Å²) in [4.78, 5) is 49.8. The third-order valence-electron chi connectivity index (χ3n) is 4.60. The molecule has 1 amide bonds. The summed E-state index contributed by atoms with van der Waals surface area (Å²) in [5.41, 5.74) is 1.96. The van der Waals surface area contributed by atoms with E-state index in [9.17, 15) is 19.2 Å². The van der Waals surface area contributed by atoms with Gasteiger partial charge in [0.15, 0.2) is 17.7 Å². The van der Waals surface area contributed by atoms with Crippen LogP contribution in [0.3, 0.4) is 0 Å². The van der Waals surface area contributed by atoms with Crippen LogP contribution in [-0.4, -0.2) is 29.5 Å².